The van der Waals surface area contributed by atoms with Gasteiger partial charge in [0.05, 0.1) is 19.8 Å². The van der Waals surface area contributed by atoms with Crippen LogP contribution in [0.3, 0.4) is 0 Å². The van der Waals surface area contributed by atoms with Gasteiger partial charge in [-0.3, -0.25) is 9.59 Å². The number of carboxylic acids is 2. The first-order valence-electron chi connectivity index (χ1n) is 14.1. The van der Waals surface area contributed by atoms with E-state index < -0.39 is 11.9 Å². The second-order valence-corrected chi connectivity index (χ2v) is 10.0. The molecule has 0 radical (unpaired) electrons. The number of ether oxygens (including phenoxy) is 3. The molecule has 8 nitrogen and oxygen atoms in total. The Bertz CT molecular complexity index is 1280. The number of carbonyl (C=O) groups is 2. The van der Waals surface area contributed by atoms with E-state index in [4.69, 9.17) is 30.9 Å². The second kappa shape index (κ2) is 17.1. The number of aliphatic carboxylic acids is 2. The van der Waals surface area contributed by atoms with Crippen LogP contribution in [0.1, 0.15) is 63.0 Å². The van der Waals surface area contributed by atoms with Crippen molar-refractivity contribution in [1.82, 2.24) is 4.98 Å². The highest BCUT2D eigenvalue weighted by molar-refractivity contribution is 6.29. The molecule has 0 atom stereocenters. The fourth-order valence-electron chi connectivity index (χ4n) is 4.52. The maximum atomic E-state index is 11.2. The third kappa shape index (κ3) is 11.3. The number of pyridine rings is 1. The van der Waals surface area contributed by atoms with E-state index >= 15 is 0 Å². The largest absolute Gasteiger partial charge is 0.494 e. The van der Waals surface area contributed by atoms with Crippen LogP contribution in [0.15, 0.2) is 54.7 Å². The first kappa shape index (κ1) is 31.7. The topological polar surface area (TPSA) is 115 Å². The molecule has 1 aromatic heterocycles. The first-order chi connectivity index (χ1) is 19.9. The monoisotopic (exact) mass is 583 g/mol. The Labute approximate surface area is 246 Å². The smallest absolute Gasteiger partial charge is 0.303 e. The Kier molecular flexibility index (Phi) is 13.3. The molecule has 9 heteroatoms. The van der Waals surface area contributed by atoms with Gasteiger partial charge in [0.1, 0.15) is 22.4 Å². The maximum absolute atomic E-state index is 11.2. The highest BCUT2D eigenvalue weighted by Gasteiger charge is 2.12. The molecular weight excluding hydrogens is 546 g/mol. The zero-order chi connectivity index (χ0) is 29.5. The van der Waals surface area contributed by atoms with Crippen molar-refractivity contribution >= 4 is 23.5 Å². The molecule has 1 heterocycles. The van der Waals surface area contributed by atoms with Gasteiger partial charge < -0.3 is 24.4 Å². The van der Waals surface area contributed by atoms with Crippen LogP contribution in [-0.2, 0) is 22.4 Å². The van der Waals surface area contributed by atoms with Gasteiger partial charge in [0.25, 0.3) is 0 Å². The van der Waals surface area contributed by atoms with Gasteiger partial charge in [-0.2, -0.15) is 0 Å². The summed E-state index contributed by atoms with van der Waals surface area (Å²) in [5, 5.41) is 18.5. The minimum absolute atomic E-state index is 0.0141. The molecule has 0 aliphatic heterocycles. The lowest BCUT2D eigenvalue weighted by molar-refractivity contribution is -0.138. The van der Waals surface area contributed by atoms with E-state index in [0.29, 0.717) is 37.0 Å². The number of benzene rings is 2. The highest BCUT2D eigenvalue weighted by Crippen LogP contribution is 2.31. The van der Waals surface area contributed by atoms with Crippen molar-refractivity contribution in [3.8, 4) is 28.4 Å². The molecule has 0 aliphatic carbocycles. The Balaban J connectivity index is 1.50. The Hall–Kier alpha value is -3.78. The van der Waals surface area contributed by atoms with Gasteiger partial charge in [0.15, 0.2) is 0 Å². The van der Waals surface area contributed by atoms with Crippen LogP contribution >= 0.6 is 11.6 Å². The molecule has 3 rings (SSSR count). The van der Waals surface area contributed by atoms with Crippen molar-refractivity contribution in [3.63, 3.8) is 0 Å². The third-order valence-electron chi connectivity index (χ3n) is 6.47. The van der Waals surface area contributed by atoms with Crippen LogP contribution in [0.5, 0.6) is 17.2 Å². The van der Waals surface area contributed by atoms with E-state index in [2.05, 4.69) is 4.98 Å². The highest BCUT2D eigenvalue weighted by atomic mass is 35.5. The van der Waals surface area contributed by atoms with Crippen molar-refractivity contribution in [2.45, 2.75) is 64.7 Å². The van der Waals surface area contributed by atoms with Crippen LogP contribution in [0, 0.1) is 0 Å². The molecule has 0 bridgehead atoms. The van der Waals surface area contributed by atoms with Crippen molar-refractivity contribution in [2.75, 3.05) is 19.8 Å². The van der Waals surface area contributed by atoms with Gasteiger partial charge in [0, 0.05) is 25.1 Å². The van der Waals surface area contributed by atoms with E-state index in [-0.39, 0.29) is 19.4 Å². The molecule has 3 aromatic rings. The van der Waals surface area contributed by atoms with Gasteiger partial charge in [0.2, 0.25) is 0 Å². The molecule has 0 fully saturated rings. The summed E-state index contributed by atoms with van der Waals surface area (Å²) in [6.07, 6.45) is 7.16. The summed E-state index contributed by atoms with van der Waals surface area (Å²) in [4.78, 5) is 26.0. The van der Waals surface area contributed by atoms with Crippen molar-refractivity contribution in [2.24, 2.45) is 0 Å². The maximum Gasteiger partial charge on any atom is 0.303 e. The van der Waals surface area contributed by atoms with Crippen LogP contribution in [0.25, 0.3) is 11.1 Å². The number of hydrogen-bond acceptors (Lipinski definition) is 6. The van der Waals surface area contributed by atoms with Gasteiger partial charge >= 0.3 is 11.9 Å². The summed E-state index contributed by atoms with van der Waals surface area (Å²) in [6, 6.07) is 15.3. The minimum Gasteiger partial charge on any atom is -0.494 e. The Morgan fingerprint density at radius 2 is 1.51 bits per heavy atom. The molecular formula is C32H38ClNO7. The lowest BCUT2D eigenvalue weighted by Gasteiger charge is -2.15. The van der Waals surface area contributed by atoms with E-state index in [1.807, 2.05) is 55.5 Å². The predicted molar refractivity (Wildman–Crippen MR) is 158 cm³/mol. The molecule has 2 N–H and O–H groups in total. The van der Waals surface area contributed by atoms with Gasteiger partial charge in [-0.15, -0.1) is 0 Å². The average molecular weight is 584 g/mol. The molecule has 0 aliphatic rings. The summed E-state index contributed by atoms with van der Waals surface area (Å²) < 4.78 is 17.6. The van der Waals surface area contributed by atoms with Crippen LogP contribution in [0.2, 0.25) is 5.15 Å². The lowest BCUT2D eigenvalue weighted by Crippen LogP contribution is -2.07. The van der Waals surface area contributed by atoms with E-state index in [1.54, 1.807) is 6.20 Å². The second-order valence-electron chi connectivity index (χ2n) is 9.64. The average Bonchev–Trinajstić information content (AvgIpc) is 2.94. The number of halogens is 1. The van der Waals surface area contributed by atoms with Gasteiger partial charge in [-0.05, 0) is 91.6 Å². The van der Waals surface area contributed by atoms with Crippen molar-refractivity contribution in [3.05, 3.63) is 71.0 Å². The summed E-state index contributed by atoms with van der Waals surface area (Å²) in [7, 11) is 0. The molecule has 2 aromatic carbocycles. The molecule has 220 valence electrons. The zero-order valence-corrected chi connectivity index (χ0v) is 24.2. The number of aryl methyl sites for hydroxylation is 1. The fourth-order valence-corrected chi connectivity index (χ4v) is 4.69. The third-order valence-corrected chi connectivity index (χ3v) is 6.68. The Morgan fingerprint density at radius 3 is 2.24 bits per heavy atom. The fraction of sp³-hybridized carbons (Fsp3) is 0.406. The Morgan fingerprint density at radius 1 is 0.780 bits per heavy atom. The summed E-state index contributed by atoms with van der Waals surface area (Å²) >= 11 is 6.08. The predicted octanol–water partition coefficient (Wildman–Crippen LogP) is 7.24. The number of hydrogen-bond donors (Lipinski definition) is 2. The van der Waals surface area contributed by atoms with Crippen molar-refractivity contribution in [1.29, 1.82) is 0 Å². The summed E-state index contributed by atoms with van der Waals surface area (Å²) in [5.41, 5.74) is 3.86. The van der Waals surface area contributed by atoms with Crippen LogP contribution in [0.4, 0.5) is 0 Å². The van der Waals surface area contributed by atoms with Crippen LogP contribution < -0.4 is 14.2 Å². The first-order valence-corrected chi connectivity index (χ1v) is 14.4. The van der Waals surface area contributed by atoms with Crippen molar-refractivity contribution < 1.29 is 34.0 Å². The summed E-state index contributed by atoms with van der Waals surface area (Å²) in [6.45, 7) is 3.35. The van der Waals surface area contributed by atoms with E-state index in [1.165, 1.54) is 0 Å². The normalized spacial score (nSPS) is 10.8. The van der Waals surface area contributed by atoms with Crippen LogP contribution in [-0.4, -0.2) is 47.0 Å². The lowest BCUT2D eigenvalue weighted by atomic mass is 9.97. The minimum atomic E-state index is -0.863. The quantitative estimate of drug-likeness (QED) is 0.112. The number of rotatable bonds is 19. The van der Waals surface area contributed by atoms with Gasteiger partial charge in [-0.25, -0.2) is 4.98 Å². The molecule has 0 saturated carbocycles. The summed E-state index contributed by atoms with van der Waals surface area (Å²) in [5.74, 6) is 0.394. The number of aromatic nitrogens is 1. The standard InChI is InChI=1S/C32H38ClNO7/c1-2-39-26-19-25(24-15-16-34-30(33)21-24)20-27(22-26)40-17-6-4-3-5-9-23-10-7-11-29(28(23)13-14-32(37)38)41-18-8-12-31(35)36/h7,10-11,15-16,19-22H,2-6,8-9,12-14,17-18H2,1H3,(H,35,36)(H,37,38). The molecule has 0 spiro atoms. The number of nitrogens with zero attached hydrogens (tertiary/aromatic N) is 1. The van der Waals surface area contributed by atoms with E-state index in [9.17, 15) is 14.7 Å². The molecule has 41 heavy (non-hydrogen) atoms. The van der Waals surface area contributed by atoms with E-state index in [0.717, 1.165) is 65.9 Å². The van der Waals surface area contributed by atoms with Gasteiger partial charge in [-0.1, -0.05) is 36.6 Å². The number of unbranched alkanes of at least 4 members (excludes halogenated alkanes) is 3. The SMILES string of the molecule is CCOc1cc(OCCCCCCc2cccc(OCCCC(=O)O)c2CCC(=O)O)cc(-c2ccnc(Cl)c2)c1. The molecule has 0 amide bonds. The molecule has 0 saturated heterocycles. The number of carboxylic acid groups (broad SMARTS) is 2. The molecule has 0 unspecified atom stereocenters. The zero-order valence-electron chi connectivity index (χ0n) is 23.4.